The van der Waals surface area contributed by atoms with Gasteiger partial charge >= 0.3 is 0 Å². The molecule has 1 aliphatic heterocycles. The maximum atomic E-state index is 13.0. The van der Waals surface area contributed by atoms with Crippen LogP contribution in [-0.4, -0.2) is 38.8 Å². The van der Waals surface area contributed by atoms with Gasteiger partial charge in [0.05, 0.1) is 17.7 Å². The van der Waals surface area contributed by atoms with Crippen molar-refractivity contribution in [2.75, 3.05) is 25.5 Å². The van der Waals surface area contributed by atoms with Gasteiger partial charge in [-0.1, -0.05) is 36.4 Å². The van der Waals surface area contributed by atoms with E-state index >= 15 is 0 Å². The highest BCUT2D eigenvalue weighted by atomic mass is 32.2. The molecule has 6 nitrogen and oxygen atoms in total. The van der Waals surface area contributed by atoms with E-state index in [9.17, 15) is 13.2 Å². The fourth-order valence-corrected chi connectivity index (χ4v) is 4.45. The molecule has 0 saturated carbocycles. The van der Waals surface area contributed by atoms with Gasteiger partial charge < -0.3 is 10.1 Å². The van der Waals surface area contributed by atoms with Crippen LogP contribution in [0.1, 0.15) is 18.9 Å². The van der Waals surface area contributed by atoms with Crippen molar-refractivity contribution in [1.29, 1.82) is 0 Å². The van der Waals surface area contributed by atoms with E-state index in [4.69, 9.17) is 4.74 Å². The van der Waals surface area contributed by atoms with Crippen LogP contribution in [0.4, 0.5) is 5.69 Å². The predicted molar refractivity (Wildman–Crippen MR) is 105 cm³/mol. The third kappa shape index (κ3) is 4.20. The number of hydrogen-bond donors (Lipinski definition) is 1. The molecule has 1 heterocycles. The quantitative estimate of drug-likeness (QED) is 0.857. The number of nitrogens with one attached hydrogen (secondary N) is 1. The Morgan fingerprint density at radius 3 is 2.48 bits per heavy atom. The number of sulfonamides is 1. The minimum atomic E-state index is -3.65. The van der Waals surface area contributed by atoms with E-state index in [0.717, 1.165) is 11.1 Å². The monoisotopic (exact) mass is 386 g/mol. The molecule has 3 rings (SSSR count). The van der Waals surface area contributed by atoms with Gasteiger partial charge in [-0.15, -0.1) is 0 Å². The molecule has 1 aliphatic rings. The minimum absolute atomic E-state index is 0.144. The van der Waals surface area contributed by atoms with Crippen molar-refractivity contribution in [3.05, 3.63) is 60.2 Å². The molecular formula is C20H22N2O4S. The molecule has 1 amide bonds. The standard InChI is InChI=1S/C20H22N2O4S/c1-15(23)21-19-9-8-18(14-20(19)26-2)27(24,25)22-12-10-17(11-13-22)16-6-4-3-5-7-16/h3-10,14H,11-13H2,1-2H3,(H,21,23). The summed E-state index contributed by atoms with van der Waals surface area (Å²) in [7, 11) is -2.21. The number of rotatable bonds is 5. The first-order valence-corrected chi connectivity index (χ1v) is 10.1. The predicted octanol–water partition coefficient (Wildman–Crippen LogP) is 3.13. The topological polar surface area (TPSA) is 75.7 Å². The summed E-state index contributed by atoms with van der Waals surface area (Å²) >= 11 is 0. The molecule has 0 spiro atoms. The Bertz CT molecular complexity index is 969. The van der Waals surface area contributed by atoms with Crippen LogP contribution in [0.15, 0.2) is 59.5 Å². The highest BCUT2D eigenvalue weighted by Gasteiger charge is 2.27. The van der Waals surface area contributed by atoms with Crippen LogP contribution in [0, 0.1) is 0 Å². The summed E-state index contributed by atoms with van der Waals surface area (Å²) < 4.78 is 32.7. The van der Waals surface area contributed by atoms with Gasteiger partial charge in [0, 0.05) is 26.1 Å². The number of nitrogens with zero attached hydrogens (tertiary/aromatic N) is 1. The van der Waals surface area contributed by atoms with Crippen LogP contribution in [0.25, 0.3) is 5.57 Å². The van der Waals surface area contributed by atoms with Crippen molar-refractivity contribution >= 4 is 27.2 Å². The lowest BCUT2D eigenvalue weighted by Crippen LogP contribution is -2.34. The van der Waals surface area contributed by atoms with Crippen LogP contribution in [0.2, 0.25) is 0 Å². The molecule has 27 heavy (non-hydrogen) atoms. The van der Waals surface area contributed by atoms with Crippen LogP contribution in [0.5, 0.6) is 5.75 Å². The van der Waals surface area contributed by atoms with Gasteiger partial charge in [0.2, 0.25) is 15.9 Å². The zero-order valence-electron chi connectivity index (χ0n) is 15.3. The summed E-state index contributed by atoms with van der Waals surface area (Å²) in [6, 6.07) is 14.4. The number of amides is 1. The molecule has 0 aromatic heterocycles. The van der Waals surface area contributed by atoms with E-state index < -0.39 is 10.0 Å². The number of anilines is 1. The maximum absolute atomic E-state index is 13.0. The molecule has 0 fully saturated rings. The Kier molecular flexibility index (Phi) is 5.62. The van der Waals surface area contributed by atoms with Crippen LogP contribution in [0.3, 0.4) is 0 Å². The van der Waals surface area contributed by atoms with Crippen molar-refractivity contribution in [2.45, 2.75) is 18.2 Å². The van der Waals surface area contributed by atoms with E-state index in [0.29, 0.717) is 30.9 Å². The normalized spacial score (nSPS) is 15.1. The van der Waals surface area contributed by atoms with Crippen molar-refractivity contribution in [2.24, 2.45) is 0 Å². The highest BCUT2D eigenvalue weighted by Crippen LogP contribution is 2.31. The molecule has 0 radical (unpaired) electrons. The Morgan fingerprint density at radius 2 is 1.89 bits per heavy atom. The Balaban J connectivity index is 1.83. The van der Waals surface area contributed by atoms with E-state index in [1.807, 2.05) is 36.4 Å². The molecule has 0 atom stereocenters. The summed E-state index contributed by atoms with van der Waals surface area (Å²) in [5, 5.41) is 2.62. The molecule has 0 aliphatic carbocycles. The third-order valence-electron chi connectivity index (χ3n) is 4.44. The number of hydrogen-bond acceptors (Lipinski definition) is 4. The molecule has 142 valence electrons. The minimum Gasteiger partial charge on any atom is -0.495 e. The molecular weight excluding hydrogens is 364 g/mol. The Morgan fingerprint density at radius 1 is 1.15 bits per heavy atom. The first kappa shape index (κ1) is 19.1. The number of carbonyl (C=O) groups is 1. The van der Waals surface area contributed by atoms with E-state index in [2.05, 4.69) is 5.32 Å². The van der Waals surface area contributed by atoms with Gasteiger partial charge in [-0.2, -0.15) is 4.31 Å². The zero-order valence-corrected chi connectivity index (χ0v) is 16.1. The van der Waals surface area contributed by atoms with Crippen molar-refractivity contribution in [3.8, 4) is 5.75 Å². The zero-order chi connectivity index (χ0) is 19.4. The molecule has 7 heteroatoms. The first-order valence-electron chi connectivity index (χ1n) is 8.62. The fourth-order valence-electron chi connectivity index (χ4n) is 3.06. The van der Waals surface area contributed by atoms with Gasteiger partial charge in [-0.3, -0.25) is 4.79 Å². The SMILES string of the molecule is COc1cc(S(=O)(=O)N2CC=C(c3ccccc3)CC2)ccc1NC(C)=O. The number of ether oxygens (including phenoxy) is 1. The molecule has 0 unspecified atom stereocenters. The van der Waals surface area contributed by atoms with E-state index in [-0.39, 0.29) is 10.8 Å². The fraction of sp³-hybridized carbons (Fsp3) is 0.250. The molecule has 1 N–H and O–H groups in total. The molecule has 0 bridgehead atoms. The van der Waals surface area contributed by atoms with E-state index in [1.165, 1.54) is 30.5 Å². The highest BCUT2D eigenvalue weighted by molar-refractivity contribution is 7.89. The summed E-state index contributed by atoms with van der Waals surface area (Å²) in [6.07, 6.45) is 2.61. The summed E-state index contributed by atoms with van der Waals surface area (Å²) in [4.78, 5) is 11.4. The molecule has 2 aromatic rings. The average Bonchev–Trinajstić information content (AvgIpc) is 2.68. The Labute approximate surface area is 159 Å². The number of carbonyl (C=O) groups excluding carboxylic acids is 1. The lowest BCUT2D eigenvalue weighted by atomic mass is 10.0. The van der Waals surface area contributed by atoms with Crippen LogP contribution in [-0.2, 0) is 14.8 Å². The lowest BCUT2D eigenvalue weighted by Gasteiger charge is -2.26. The average molecular weight is 386 g/mol. The van der Waals surface area contributed by atoms with Gasteiger partial charge in [0.15, 0.2) is 0 Å². The number of benzene rings is 2. The summed E-state index contributed by atoms with van der Waals surface area (Å²) in [5.41, 5.74) is 2.71. The van der Waals surface area contributed by atoms with Crippen molar-refractivity contribution in [3.63, 3.8) is 0 Å². The second-order valence-corrected chi connectivity index (χ2v) is 8.19. The summed E-state index contributed by atoms with van der Waals surface area (Å²) in [5.74, 6) is 0.0577. The first-order chi connectivity index (χ1) is 12.9. The van der Waals surface area contributed by atoms with Crippen molar-refractivity contribution < 1.29 is 17.9 Å². The molecule has 0 saturated heterocycles. The lowest BCUT2D eigenvalue weighted by molar-refractivity contribution is -0.114. The van der Waals surface area contributed by atoms with Gasteiger partial charge in [0.25, 0.3) is 0 Å². The van der Waals surface area contributed by atoms with Crippen molar-refractivity contribution in [1.82, 2.24) is 4.31 Å². The van der Waals surface area contributed by atoms with Gasteiger partial charge in [0.1, 0.15) is 5.75 Å². The molecule has 2 aromatic carbocycles. The summed E-state index contributed by atoms with van der Waals surface area (Å²) in [6.45, 7) is 2.12. The smallest absolute Gasteiger partial charge is 0.243 e. The number of methoxy groups -OCH3 is 1. The third-order valence-corrected chi connectivity index (χ3v) is 6.30. The van der Waals surface area contributed by atoms with Crippen LogP contribution < -0.4 is 10.1 Å². The second-order valence-electron chi connectivity index (χ2n) is 6.25. The largest absolute Gasteiger partial charge is 0.495 e. The van der Waals surface area contributed by atoms with Gasteiger partial charge in [-0.25, -0.2) is 8.42 Å². The van der Waals surface area contributed by atoms with Gasteiger partial charge in [-0.05, 0) is 29.7 Å². The Hall–Kier alpha value is -2.64. The second kappa shape index (κ2) is 7.94. The maximum Gasteiger partial charge on any atom is 0.243 e. The van der Waals surface area contributed by atoms with E-state index in [1.54, 1.807) is 6.07 Å². The van der Waals surface area contributed by atoms with Crippen LogP contribution >= 0.6 is 0 Å².